The van der Waals surface area contributed by atoms with E-state index in [2.05, 4.69) is 5.32 Å². The van der Waals surface area contributed by atoms with E-state index in [0.29, 0.717) is 18.4 Å². The zero-order valence-electron chi connectivity index (χ0n) is 14.4. The summed E-state index contributed by atoms with van der Waals surface area (Å²) in [6.45, 7) is 1.98. The van der Waals surface area contributed by atoms with E-state index in [-0.39, 0.29) is 23.9 Å². The van der Waals surface area contributed by atoms with Crippen LogP contribution >= 0.6 is 0 Å². The van der Waals surface area contributed by atoms with Crippen molar-refractivity contribution in [2.75, 3.05) is 6.61 Å². The number of rotatable bonds is 6. The van der Waals surface area contributed by atoms with Crippen molar-refractivity contribution < 1.29 is 24.5 Å². The summed E-state index contributed by atoms with van der Waals surface area (Å²) in [4.78, 5) is 24.9. The molecule has 3 N–H and O–H groups in total. The number of Topliss-reactive ketones (excluding diaryl/α,β-unsaturated/α-hetero) is 1. The van der Waals surface area contributed by atoms with Crippen LogP contribution in [0.25, 0.3) is 0 Å². The second kappa shape index (κ2) is 7.58. The monoisotopic (exact) mass is 355 g/mol. The number of benzene rings is 2. The van der Waals surface area contributed by atoms with Gasteiger partial charge in [0.25, 0.3) is 0 Å². The summed E-state index contributed by atoms with van der Waals surface area (Å²) in [5, 5.41) is 22.1. The van der Waals surface area contributed by atoms with Crippen LogP contribution in [-0.2, 0) is 22.4 Å². The van der Waals surface area contributed by atoms with Crippen molar-refractivity contribution in [1.29, 1.82) is 0 Å². The maximum atomic E-state index is 12.6. The SMILES string of the molecule is CCOC(=O)[C@H](Cc1ccc(O)cc1)N[C@H]1Cc2cc(O)ccc2C1=O. The lowest BCUT2D eigenvalue weighted by atomic mass is 10.0. The number of hydrogen-bond acceptors (Lipinski definition) is 6. The Balaban J connectivity index is 1.76. The van der Waals surface area contributed by atoms with Crippen molar-refractivity contribution in [2.24, 2.45) is 0 Å². The molecule has 2 aromatic rings. The van der Waals surface area contributed by atoms with Gasteiger partial charge in [0, 0.05) is 5.56 Å². The summed E-state index contributed by atoms with van der Waals surface area (Å²) in [6.07, 6.45) is 0.749. The number of esters is 1. The van der Waals surface area contributed by atoms with Crippen LogP contribution in [0.4, 0.5) is 0 Å². The van der Waals surface area contributed by atoms with Crippen LogP contribution in [0, 0.1) is 0 Å². The number of fused-ring (bicyclic) bond motifs is 1. The molecule has 2 aromatic carbocycles. The summed E-state index contributed by atoms with van der Waals surface area (Å²) in [5.74, 6) is -0.258. The third kappa shape index (κ3) is 3.86. The van der Waals surface area contributed by atoms with E-state index in [1.165, 1.54) is 6.07 Å². The van der Waals surface area contributed by atoms with Crippen LogP contribution in [-0.4, -0.2) is 40.7 Å². The quantitative estimate of drug-likeness (QED) is 0.686. The molecule has 0 saturated heterocycles. The van der Waals surface area contributed by atoms with Crippen molar-refractivity contribution in [3.63, 3.8) is 0 Å². The number of carbonyl (C=O) groups excluding carboxylic acids is 2. The maximum absolute atomic E-state index is 12.6. The molecule has 3 rings (SSSR count). The molecule has 2 atom stereocenters. The topological polar surface area (TPSA) is 95.9 Å². The van der Waals surface area contributed by atoms with E-state index < -0.39 is 18.1 Å². The first-order valence-electron chi connectivity index (χ1n) is 8.54. The number of aromatic hydroxyl groups is 2. The van der Waals surface area contributed by atoms with Crippen LogP contribution in [0.2, 0.25) is 0 Å². The van der Waals surface area contributed by atoms with E-state index in [9.17, 15) is 19.8 Å². The molecule has 136 valence electrons. The van der Waals surface area contributed by atoms with E-state index in [1.54, 1.807) is 43.3 Å². The largest absolute Gasteiger partial charge is 0.508 e. The van der Waals surface area contributed by atoms with Gasteiger partial charge in [0.1, 0.15) is 17.5 Å². The van der Waals surface area contributed by atoms with Gasteiger partial charge in [0.05, 0.1) is 12.6 Å². The summed E-state index contributed by atoms with van der Waals surface area (Å²) in [6, 6.07) is 10.0. The molecule has 0 saturated carbocycles. The fourth-order valence-electron chi connectivity index (χ4n) is 3.19. The minimum absolute atomic E-state index is 0.0972. The predicted molar refractivity (Wildman–Crippen MR) is 95.3 cm³/mol. The molecule has 0 amide bonds. The number of phenolic OH excluding ortho intramolecular Hbond substituents is 2. The molecule has 1 aliphatic carbocycles. The van der Waals surface area contributed by atoms with E-state index in [0.717, 1.165) is 11.1 Å². The molecule has 6 nitrogen and oxygen atoms in total. The predicted octanol–water partition coefficient (Wildman–Crippen LogP) is 1.97. The van der Waals surface area contributed by atoms with E-state index in [1.807, 2.05) is 0 Å². The lowest BCUT2D eigenvalue weighted by molar-refractivity contribution is -0.145. The van der Waals surface area contributed by atoms with Crippen molar-refractivity contribution in [1.82, 2.24) is 5.32 Å². The van der Waals surface area contributed by atoms with Crippen molar-refractivity contribution in [3.8, 4) is 11.5 Å². The molecule has 0 heterocycles. The highest BCUT2D eigenvalue weighted by atomic mass is 16.5. The van der Waals surface area contributed by atoms with Gasteiger partial charge in [-0.25, -0.2) is 0 Å². The number of nitrogens with one attached hydrogen (secondary N) is 1. The molecule has 0 unspecified atom stereocenters. The summed E-state index contributed by atoms with van der Waals surface area (Å²) in [7, 11) is 0. The van der Waals surface area contributed by atoms with Crippen LogP contribution < -0.4 is 5.32 Å². The molecule has 0 aromatic heterocycles. The third-order valence-electron chi connectivity index (χ3n) is 4.44. The number of ether oxygens (including phenoxy) is 1. The van der Waals surface area contributed by atoms with Gasteiger partial charge in [-0.3, -0.25) is 14.9 Å². The highest BCUT2D eigenvalue weighted by Gasteiger charge is 2.34. The Morgan fingerprint density at radius 1 is 1.19 bits per heavy atom. The Labute approximate surface area is 151 Å². The first-order chi connectivity index (χ1) is 12.5. The van der Waals surface area contributed by atoms with Crippen LogP contribution in [0.1, 0.15) is 28.4 Å². The van der Waals surface area contributed by atoms with Gasteiger partial charge in [-0.15, -0.1) is 0 Å². The Kier molecular flexibility index (Phi) is 5.23. The third-order valence-corrected chi connectivity index (χ3v) is 4.44. The van der Waals surface area contributed by atoms with Crippen molar-refractivity contribution >= 4 is 11.8 Å². The van der Waals surface area contributed by atoms with Gasteiger partial charge in [-0.2, -0.15) is 0 Å². The highest BCUT2D eigenvalue weighted by molar-refractivity contribution is 6.05. The zero-order valence-corrected chi connectivity index (χ0v) is 14.4. The average Bonchev–Trinajstić information content (AvgIpc) is 2.91. The number of hydrogen-bond donors (Lipinski definition) is 3. The average molecular weight is 355 g/mol. The van der Waals surface area contributed by atoms with E-state index >= 15 is 0 Å². The van der Waals surface area contributed by atoms with Crippen LogP contribution in [0.15, 0.2) is 42.5 Å². The molecule has 6 heteroatoms. The lowest BCUT2D eigenvalue weighted by Gasteiger charge is -2.21. The molecular weight excluding hydrogens is 334 g/mol. The normalized spacial score (nSPS) is 17.0. The smallest absolute Gasteiger partial charge is 0.323 e. The van der Waals surface area contributed by atoms with Gasteiger partial charge >= 0.3 is 5.97 Å². The second-order valence-electron chi connectivity index (χ2n) is 6.30. The Hall–Kier alpha value is -2.86. The van der Waals surface area contributed by atoms with Crippen molar-refractivity contribution in [2.45, 2.75) is 31.8 Å². The highest BCUT2D eigenvalue weighted by Crippen LogP contribution is 2.26. The fourth-order valence-corrected chi connectivity index (χ4v) is 3.19. The fraction of sp³-hybridized carbons (Fsp3) is 0.300. The lowest BCUT2D eigenvalue weighted by Crippen LogP contribution is -2.48. The molecule has 0 aliphatic heterocycles. The Bertz CT molecular complexity index is 815. The first kappa shape index (κ1) is 17.9. The zero-order chi connectivity index (χ0) is 18.7. The molecule has 0 fully saturated rings. The number of carbonyl (C=O) groups is 2. The molecule has 1 aliphatic rings. The number of ketones is 1. The molecule has 0 spiro atoms. The minimum atomic E-state index is -0.684. The standard InChI is InChI=1S/C20H21NO5/c1-2-26-20(25)18(9-12-3-5-14(22)6-4-12)21-17-11-13-10-15(23)7-8-16(13)19(17)24/h3-8,10,17-18,21-23H,2,9,11H2,1H3/t17-,18-/m0/s1. The Morgan fingerprint density at radius 3 is 2.58 bits per heavy atom. The van der Waals surface area contributed by atoms with Gasteiger partial charge in [0.2, 0.25) is 0 Å². The van der Waals surface area contributed by atoms with Gasteiger partial charge in [-0.1, -0.05) is 12.1 Å². The molecule has 0 bridgehead atoms. The van der Waals surface area contributed by atoms with Gasteiger partial charge in [0.15, 0.2) is 5.78 Å². The summed E-state index contributed by atoms with van der Waals surface area (Å²) in [5.41, 5.74) is 2.17. The van der Waals surface area contributed by atoms with Gasteiger partial charge < -0.3 is 14.9 Å². The molecule has 0 radical (unpaired) electrons. The molecular formula is C20H21NO5. The van der Waals surface area contributed by atoms with Crippen LogP contribution in [0.5, 0.6) is 11.5 Å². The maximum Gasteiger partial charge on any atom is 0.323 e. The second-order valence-corrected chi connectivity index (χ2v) is 6.30. The van der Waals surface area contributed by atoms with Crippen LogP contribution in [0.3, 0.4) is 0 Å². The molecule has 26 heavy (non-hydrogen) atoms. The van der Waals surface area contributed by atoms with Gasteiger partial charge in [-0.05, 0) is 61.2 Å². The summed E-state index contributed by atoms with van der Waals surface area (Å²) < 4.78 is 5.14. The minimum Gasteiger partial charge on any atom is -0.508 e. The van der Waals surface area contributed by atoms with E-state index in [4.69, 9.17) is 4.74 Å². The summed E-state index contributed by atoms with van der Waals surface area (Å²) >= 11 is 0. The first-order valence-corrected chi connectivity index (χ1v) is 8.54. The number of phenols is 2. The Morgan fingerprint density at radius 2 is 1.88 bits per heavy atom. The van der Waals surface area contributed by atoms with Crippen molar-refractivity contribution in [3.05, 3.63) is 59.2 Å².